The predicted molar refractivity (Wildman–Crippen MR) is 65.8 cm³/mol. The number of hydrogen-bond acceptors (Lipinski definition) is 5. The average molecular weight is 236 g/mol. The molecule has 0 amide bonds. The van der Waals surface area contributed by atoms with Crippen LogP contribution in [0.25, 0.3) is 16.6 Å². The first-order valence-corrected chi connectivity index (χ1v) is 5.25. The van der Waals surface area contributed by atoms with Crippen molar-refractivity contribution in [2.45, 2.75) is 0 Å². The molecule has 0 aliphatic heterocycles. The van der Waals surface area contributed by atoms with Gasteiger partial charge in [-0.3, -0.25) is 4.98 Å². The van der Waals surface area contributed by atoms with Crippen LogP contribution in [-0.2, 0) is 0 Å². The van der Waals surface area contributed by atoms with E-state index < -0.39 is 0 Å². The summed E-state index contributed by atoms with van der Waals surface area (Å²) in [5.41, 5.74) is 7.99. The van der Waals surface area contributed by atoms with E-state index in [1.807, 2.05) is 24.3 Å². The Bertz CT molecular complexity index is 768. The number of nitrogens with two attached hydrogens (primary N) is 1. The van der Waals surface area contributed by atoms with Crippen LogP contribution in [0.15, 0.2) is 36.8 Å². The third-order valence-electron chi connectivity index (χ3n) is 2.62. The molecule has 3 aromatic rings. The van der Waals surface area contributed by atoms with Crippen molar-refractivity contribution >= 4 is 16.6 Å². The van der Waals surface area contributed by atoms with Crippen molar-refractivity contribution in [2.24, 2.45) is 0 Å². The van der Waals surface area contributed by atoms with Gasteiger partial charge in [-0.2, -0.15) is 5.26 Å². The fourth-order valence-electron chi connectivity index (χ4n) is 1.81. The van der Waals surface area contributed by atoms with Gasteiger partial charge >= 0.3 is 0 Å². The second-order valence-corrected chi connectivity index (χ2v) is 3.70. The van der Waals surface area contributed by atoms with Gasteiger partial charge in [0.25, 0.3) is 5.82 Å². The number of benzene rings is 1. The number of aromatic nitrogens is 4. The van der Waals surface area contributed by atoms with Crippen LogP contribution in [0, 0.1) is 11.3 Å². The minimum atomic E-state index is 0.129. The maximum atomic E-state index is 8.73. The molecule has 1 aromatic carbocycles. The standard InChI is InChI=1S/C12H8N6/c13-6-11-16-7-18(17-11)10-4-3-9(14)12-8(10)2-1-5-15-12/h1-5,7H,14H2. The molecule has 0 fully saturated rings. The second-order valence-electron chi connectivity index (χ2n) is 3.70. The average Bonchev–Trinajstić information content (AvgIpc) is 2.88. The fraction of sp³-hybridized carbons (Fsp3) is 0. The van der Waals surface area contributed by atoms with Gasteiger partial charge in [-0.15, -0.1) is 5.10 Å². The maximum Gasteiger partial charge on any atom is 0.252 e. The summed E-state index contributed by atoms with van der Waals surface area (Å²) in [5, 5.41) is 13.7. The first-order chi connectivity index (χ1) is 8.79. The van der Waals surface area contributed by atoms with Crippen LogP contribution >= 0.6 is 0 Å². The highest BCUT2D eigenvalue weighted by molar-refractivity contribution is 5.95. The fourth-order valence-corrected chi connectivity index (χ4v) is 1.81. The Morgan fingerprint density at radius 2 is 2.11 bits per heavy atom. The molecule has 2 aromatic heterocycles. The first kappa shape index (κ1) is 10.2. The molecule has 0 saturated carbocycles. The predicted octanol–water partition coefficient (Wildman–Crippen LogP) is 1.27. The van der Waals surface area contributed by atoms with E-state index in [0.717, 1.165) is 11.1 Å². The van der Waals surface area contributed by atoms with Crippen molar-refractivity contribution in [1.29, 1.82) is 5.26 Å². The Labute approximate surface area is 102 Å². The molecule has 2 N–H and O–H groups in total. The third-order valence-corrected chi connectivity index (χ3v) is 2.62. The molecule has 2 heterocycles. The number of nitrogen functional groups attached to an aromatic ring is 1. The summed E-state index contributed by atoms with van der Waals surface area (Å²) in [6.07, 6.45) is 3.18. The van der Waals surface area contributed by atoms with E-state index in [9.17, 15) is 0 Å². The quantitative estimate of drug-likeness (QED) is 0.642. The highest BCUT2D eigenvalue weighted by Crippen LogP contribution is 2.24. The lowest BCUT2D eigenvalue weighted by atomic mass is 10.1. The van der Waals surface area contributed by atoms with Crippen LogP contribution in [0.3, 0.4) is 0 Å². The van der Waals surface area contributed by atoms with Gasteiger partial charge in [0.1, 0.15) is 12.4 Å². The van der Waals surface area contributed by atoms with E-state index >= 15 is 0 Å². The zero-order valence-corrected chi connectivity index (χ0v) is 9.28. The molecular weight excluding hydrogens is 228 g/mol. The Balaban J connectivity index is 2.30. The maximum absolute atomic E-state index is 8.73. The summed E-state index contributed by atoms with van der Waals surface area (Å²) >= 11 is 0. The Morgan fingerprint density at radius 1 is 1.22 bits per heavy atom. The normalized spacial score (nSPS) is 10.4. The molecule has 6 nitrogen and oxygen atoms in total. The molecule has 0 aliphatic carbocycles. The summed E-state index contributed by atoms with van der Waals surface area (Å²) in [6.45, 7) is 0. The lowest BCUT2D eigenvalue weighted by molar-refractivity contribution is 0.879. The number of rotatable bonds is 1. The number of hydrogen-bond donors (Lipinski definition) is 1. The largest absolute Gasteiger partial charge is 0.397 e. The molecule has 0 aliphatic rings. The van der Waals surface area contributed by atoms with E-state index in [0.29, 0.717) is 11.2 Å². The van der Waals surface area contributed by atoms with Crippen LogP contribution in [0.1, 0.15) is 5.82 Å². The first-order valence-electron chi connectivity index (χ1n) is 5.25. The van der Waals surface area contributed by atoms with Gasteiger partial charge in [0.15, 0.2) is 0 Å². The molecule has 86 valence electrons. The van der Waals surface area contributed by atoms with Gasteiger partial charge in [-0.25, -0.2) is 9.67 Å². The SMILES string of the molecule is N#Cc1ncn(-c2ccc(N)c3ncccc23)n1. The number of fused-ring (bicyclic) bond motifs is 1. The van der Waals surface area contributed by atoms with Gasteiger partial charge in [-0.1, -0.05) is 0 Å². The third kappa shape index (κ3) is 1.46. The molecule has 0 atom stereocenters. The molecule has 3 rings (SSSR count). The lowest BCUT2D eigenvalue weighted by Crippen LogP contribution is -1.99. The van der Waals surface area contributed by atoms with Crippen LogP contribution in [0.2, 0.25) is 0 Å². The van der Waals surface area contributed by atoms with Gasteiger partial charge in [0, 0.05) is 11.6 Å². The molecule has 0 radical (unpaired) electrons. The number of nitriles is 1. The Hall–Kier alpha value is -2.94. The Kier molecular flexibility index (Phi) is 2.17. The smallest absolute Gasteiger partial charge is 0.252 e. The molecule has 0 spiro atoms. The van der Waals surface area contributed by atoms with Crippen molar-refractivity contribution in [3.63, 3.8) is 0 Å². The van der Waals surface area contributed by atoms with E-state index in [1.54, 1.807) is 16.9 Å². The zero-order valence-electron chi connectivity index (χ0n) is 9.28. The minimum absolute atomic E-state index is 0.129. The number of anilines is 1. The van der Waals surface area contributed by atoms with E-state index in [-0.39, 0.29) is 5.82 Å². The topological polar surface area (TPSA) is 93.4 Å². The highest BCUT2D eigenvalue weighted by atomic mass is 15.3. The van der Waals surface area contributed by atoms with E-state index in [1.165, 1.54) is 6.33 Å². The van der Waals surface area contributed by atoms with Crippen molar-refractivity contribution in [3.05, 3.63) is 42.6 Å². The molecule has 0 saturated heterocycles. The van der Waals surface area contributed by atoms with Crippen molar-refractivity contribution in [1.82, 2.24) is 19.7 Å². The van der Waals surface area contributed by atoms with Crippen LogP contribution < -0.4 is 5.73 Å². The summed E-state index contributed by atoms with van der Waals surface area (Å²) in [7, 11) is 0. The molecule has 6 heteroatoms. The number of nitrogens with zero attached hydrogens (tertiary/aromatic N) is 5. The van der Waals surface area contributed by atoms with Crippen LogP contribution in [0.4, 0.5) is 5.69 Å². The second kappa shape index (κ2) is 3.82. The van der Waals surface area contributed by atoms with Crippen molar-refractivity contribution in [2.75, 3.05) is 5.73 Å². The van der Waals surface area contributed by atoms with Gasteiger partial charge in [0.2, 0.25) is 0 Å². The van der Waals surface area contributed by atoms with Gasteiger partial charge < -0.3 is 5.73 Å². The monoisotopic (exact) mass is 236 g/mol. The molecule has 0 bridgehead atoms. The van der Waals surface area contributed by atoms with Gasteiger partial charge in [0.05, 0.1) is 16.9 Å². The summed E-state index contributed by atoms with van der Waals surface area (Å²) in [6, 6.07) is 9.22. The summed E-state index contributed by atoms with van der Waals surface area (Å²) in [5.74, 6) is 0.129. The van der Waals surface area contributed by atoms with E-state index in [4.69, 9.17) is 11.0 Å². The summed E-state index contributed by atoms with van der Waals surface area (Å²) in [4.78, 5) is 8.12. The van der Waals surface area contributed by atoms with Gasteiger partial charge in [-0.05, 0) is 24.3 Å². The Morgan fingerprint density at radius 3 is 2.89 bits per heavy atom. The zero-order chi connectivity index (χ0) is 12.5. The highest BCUT2D eigenvalue weighted by Gasteiger charge is 2.08. The molecular formula is C12H8N6. The van der Waals surface area contributed by atoms with E-state index in [2.05, 4.69) is 15.1 Å². The lowest BCUT2D eigenvalue weighted by Gasteiger charge is -2.06. The summed E-state index contributed by atoms with van der Waals surface area (Å²) < 4.78 is 1.54. The minimum Gasteiger partial charge on any atom is -0.397 e. The van der Waals surface area contributed by atoms with Crippen molar-refractivity contribution in [3.8, 4) is 11.8 Å². The van der Waals surface area contributed by atoms with Crippen LogP contribution in [-0.4, -0.2) is 19.7 Å². The molecule has 0 unspecified atom stereocenters. The van der Waals surface area contributed by atoms with Crippen LogP contribution in [0.5, 0.6) is 0 Å². The molecule has 18 heavy (non-hydrogen) atoms. The number of pyridine rings is 1. The van der Waals surface area contributed by atoms with Crippen molar-refractivity contribution < 1.29 is 0 Å².